The van der Waals surface area contributed by atoms with Crippen LogP contribution in [-0.2, 0) is 0 Å². The molecule has 0 bridgehead atoms. The normalized spacial score (nSPS) is 10.3. The lowest BCUT2D eigenvalue weighted by Gasteiger charge is -2.11. The van der Waals surface area contributed by atoms with Gasteiger partial charge in [0.05, 0.1) is 0 Å². The van der Waals surface area contributed by atoms with Crippen LogP contribution in [0.5, 0.6) is 0 Å². The summed E-state index contributed by atoms with van der Waals surface area (Å²) in [5.74, 6) is 0. The van der Waals surface area contributed by atoms with Gasteiger partial charge in [0.15, 0.2) is 0 Å². The van der Waals surface area contributed by atoms with Gasteiger partial charge >= 0.3 is 0 Å². The van der Waals surface area contributed by atoms with E-state index >= 15 is 0 Å². The molecule has 3 aromatic carbocycles. The minimum atomic E-state index is 0.768. The molecule has 0 aliphatic carbocycles. The second-order valence-corrected chi connectivity index (χ2v) is 5.14. The predicted molar refractivity (Wildman–Crippen MR) is 90.8 cm³/mol. The highest BCUT2D eigenvalue weighted by Crippen LogP contribution is 2.25. The summed E-state index contributed by atoms with van der Waals surface area (Å²) in [6.45, 7) is 2.07. The average molecular weight is 274 g/mol. The van der Waals surface area contributed by atoms with Crippen molar-refractivity contribution < 1.29 is 0 Å². The Morgan fingerprint density at radius 2 is 1.43 bits per heavy atom. The summed E-state index contributed by atoms with van der Waals surface area (Å²) in [6.07, 6.45) is 0. The molecule has 0 aliphatic heterocycles. The van der Waals surface area contributed by atoms with Gasteiger partial charge < -0.3 is 11.1 Å². The zero-order valence-electron chi connectivity index (χ0n) is 12.0. The van der Waals surface area contributed by atoms with Gasteiger partial charge in [-0.25, -0.2) is 0 Å². The molecule has 0 fully saturated rings. The van der Waals surface area contributed by atoms with Crippen molar-refractivity contribution in [2.75, 3.05) is 11.1 Å². The highest BCUT2D eigenvalue weighted by atomic mass is 14.9. The van der Waals surface area contributed by atoms with Gasteiger partial charge in [0.1, 0.15) is 0 Å². The number of hydrogen-bond acceptors (Lipinski definition) is 2. The molecule has 0 saturated carbocycles. The Hall–Kier alpha value is -2.74. The zero-order chi connectivity index (χ0) is 14.7. The number of anilines is 3. The highest BCUT2D eigenvalue weighted by molar-refractivity contribution is 5.70. The van der Waals surface area contributed by atoms with Gasteiger partial charge in [-0.1, -0.05) is 48.5 Å². The van der Waals surface area contributed by atoms with Gasteiger partial charge in [0.25, 0.3) is 0 Å². The molecule has 0 amide bonds. The van der Waals surface area contributed by atoms with Gasteiger partial charge in [-0.15, -0.1) is 0 Å². The Bertz CT molecular complexity index is 731. The fourth-order valence-electron chi connectivity index (χ4n) is 2.31. The Balaban J connectivity index is 1.83. The van der Waals surface area contributed by atoms with Crippen molar-refractivity contribution in [3.63, 3.8) is 0 Å². The quantitative estimate of drug-likeness (QED) is 0.660. The summed E-state index contributed by atoms with van der Waals surface area (Å²) >= 11 is 0. The number of rotatable bonds is 3. The molecular weight excluding hydrogens is 256 g/mol. The number of nitrogens with two attached hydrogens (primary N) is 1. The van der Waals surface area contributed by atoms with Crippen molar-refractivity contribution in [3.05, 3.63) is 78.4 Å². The van der Waals surface area contributed by atoms with Gasteiger partial charge in [0, 0.05) is 17.1 Å². The molecular formula is C19H18N2. The van der Waals surface area contributed by atoms with Crippen LogP contribution in [0.15, 0.2) is 72.8 Å². The third-order valence-electron chi connectivity index (χ3n) is 3.53. The maximum Gasteiger partial charge on any atom is 0.0434 e. The molecule has 0 unspecified atom stereocenters. The fraction of sp³-hybridized carbons (Fsp3) is 0.0526. The van der Waals surface area contributed by atoms with Crippen LogP contribution in [0.1, 0.15) is 5.56 Å². The molecule has 0 atom stereocenters. The molecule has 0 saturated heterocycles. The fourth-order valence-corrected chi connectivity index (χ4v) is 2.31. The summed E-state index contributed by atoms with van der Waals surface area (Å²) < 4.78 is 0. The van der Waals surface area contributed by atoms with Crippen molar-refractivity contribution >= 4 is 17.1 Å². The van der Waals surface area contributed by atoms with Crippen LogP contribution in [0, 0.1) is 6.92 Å². The molecule has 21 heavy (non-hydrogen) atoms. The standard InChI is InChI=1S/C19H18N2/c1-14-7-10-17(20)13-19(14)21-18-11-8-16(9-12-18)15-5-3-2-4-6-15/h2-13,21H,20H2,1H3. The topological polar surface area (TPSA) is 38.0 Å². The van der Waals surface area contributed by atoms with Gasteiger partial charge in [-0.3, -0.25) is 0 Å². The Labute approximate surface area is 125 Å². The first-order valence-corrected chi connectivity index (χ1v) is 7.01. The van der Waals surface area contributed by atoms with E-state index in [2.05, 4.69) is 60.8 Å². The lowest BCUT2D eigenvalue weighted by Crippen LogP contribution is -1.95. The van der Waals surface area contributed by atoms with Crippen LogP contribution in [0.25, 0.3) is 11.1 Å². The number of nitrogens with one attached hydrogen (secondary N) is 1. The van der Waals surface area contributed by atoms with Crippen molar-refractivity contribution in [1.29, 1.82) is 0 Å². The first-order valence-electron chi connectivity index (χ1n) is 7.01. The minimum Gasteiger partial charge on any atom is -0.399 e. The van der Waals surface area contributed by atoms with Crippen LogP contribution in [-0.4, -0.2) is 0 Å². The van der Waals surface area contributed by atoms with E-state index in [1.807, 2.05) is 24.3 Å². The zero-order valence-corrected chi connectivity index (χ0v) is 12.0. The van der Waals surface area contributed by atoms with E-state index in [1.54, 1.807) is 0 Å². The first-order chi connectivity index (χ1) is 10.2. The van der Waals surface area contributed by atoms with Crippen LogP contribution in [0.3, 0.4) is 0 Å². The largest absolute Gasteiger partial charge is 0.399 e. The molecule has 0 spiro atoms. The maximum atomic E-state index is 5.84. The monoisotopic (exact) mass is 274 g/mol. The third kappa shape index (κ3) is 3.06. The van der Waals surface area contributed by atoms with Gasteiger partial charge in [0.2, 0.25) is 0 Å². The highest BCUT2D eigenvalue weighted by Gasteiger charge is 2.01. The van der Waals surface area contributed by atoms with Gasteiger partial charge in [-0.05, 0) is 47.9 Å². The number of benzene rings is 3. The van der Waals surface area contributed by atoms with Crippen molar-refractivity contribution in [1.82, 2.24) is 0 Å². The van der Waals surface area contributed by atoms with E-state index in [9.17, 15) is 0 Å². The Morgan fingerprint density at radius 3 is 2.14 bits per heavy atom. The summed E-state index contributed by atoms with van der Waals surface area (Å²) in [4.78, 5) is 0. The van der Waals surface area contributed by atoms with E-state index in [0.29, 0.717) is 0 Å². The molecule has 104 valence electrons. The van der Waals surface area contributed by atoms with Crippen molar-refractivity contribution in [2.24, 2.45) is 0 Å². The Morgan fingerprint density at radius 1 is 0.762 bits per heavy atom. The number of hydrogen-bond donors (Lipinski definition) is 2. The summed E-state index contributed by atoms with van der Waals surface area (Å²) in [5, 5.41) is 3.41. The molecule has 0 aromatic heterocycles. The molecule has 0 radical (unpaired) electrons. The van der Waals surface area contributed by atoms with Gasteiger partial charge in [-0.2, -0.15) is 0 Å². The number of nitrogen functional groups attached to an aromatic ring is 1. The molecule has 2 heteroatoms. The van der Waals surface area contributed by atoms with E-state index in [1.165, 1.54) is 16.7 Å². The third-order valence-corrected chi connectivity index (χ3v) is 3.53. The summed E-state index contributed by atoms with van der Waals surface area (Å²) in [6, 6.07) is 24.7. The Kier molecular flexibility index (Phi) is 3.61. The summed E-state index contributed by atoms with van der Waals surface area (Å²) in [7, 11) is 0. The SMILES string of the molecule is Cc1ccc(N)cc1Nc1ccc(-c2ccccc2)cc1. The second kappa shape index (κ2) is 5.71. The predicted octanol–water partition coefficient (Wildman–Crippen LogP) is 4.99. The van der Waals surface area contributed by atoms with Crippen LogP contribution in [0.4, 0.5) is 17.1 Å². The smallest absolute Gasteiger partial charge is 0.0434 e. The molecule has 3 aromatic rings. The minimum absolute atomic E-state index is 0.768. The summed E-state index contributed by atoms with van der Waals surface area (Å²) in [5.41, 5.74) is 12.3. The van der Waals surface area contributed by atoms with Crippen LogP contribution >= 0.6 is 0 Å². The lowest BCUT2D eigenvalue weighted by molar-refractivity contribution is 1.43. The molecule has 0 aliphatic rings. The second-order valence-electron chi connectivity index (χ2n) is 5.14. The maximum absolute atomic E-state index is 5.84. The van der Waals surface area contributed by atoms with Crippen molar-refractivity contribution in [3.8, 4) is 11.1 Å². The molecule has 2 nitrogen and oxygen atoms in total. The van der Waals surface area contributed by atoms with Crippen LogP contribution < -0.4 is 11.1 Å². The molecule has 3 rings (SSSR count). The average Bonchev–Trinajstić information content (AvgIpc) is 2.53. The molecule has 3 N–H and O–H groups in total. The van der Waals surface area contributed by atoms with Crippen molar-refractivity contribution in [2.45, 2.75) is 6.92 Å². The van der Waals surface area contributed by atoms with E-state index in [4.69, 9.17) is 5.73 Å². The van der Waals surface area contributed by atoms with E-state index < -0.39 is 0 Å². The first kappa shape index (κ1) is 13.3. The van der Waals surface area contributed by atoms with E-state index in [-0.39, 0.29) is 0 Å². The lowest BCUT2D eigenvalue weighted by atomic mass is 10.1. The van der Waals surface area contributed by atoms with E-state index in [0.717, 1.165) is 17.1 Å². The number of aryl methyl sites for hydroxylation is 1. The molecule has 0 heterocycles. The van der Waals surface area contributed by atoms with Crippen LogP contribution in [0.2, 0.25) is 0 Å².